The van der Waals surface area contributed by atoms with Gasteiger partial charge in [-0.25, -0.2) is 0 Å². The molecule has 1 unspecified atom stereocenters. The number of aliphatic hydroxyl groups is 1. The van der Waals surface area contributed by atoms with E-state index in [0.717, 1.165) is 37.1 Å². The first-order chi connectivity index (χ1) is 23.6. The fourth-order valence-electron chi connectivity index (χ4n) is 6.31. The summed E-state index contributed by atoms with van der Waals surface area (Å²) < 4.78 is 19.6. The number of nitriles is 1. The van der Waals surface area contributed by atoms with Crippen molar-refractivity contribution in [3.63, 3.8) is 0 Å². The molecule has 10 nitrogen and oxygen atoms in total. The van der Waals surface area contributed by atoms with Crippen molar-refractivity contribution in [1.29, 1.82) is 5.26 Å². The number of aromatic nitrogens is 1. The fourth-order valence-corrected chi connectivity index (χ4v) is 6.55. The van der Waals surface area contributed by atoms with E-state index in [0.29, 0.717) is 46.4 Å². The summed E-state index contributed by atoms with van der Waals surface area (Å²) in [6, 6.07) is 17.4. The van der Waals surface area contributed by atoms with Gasteiger partial charge in [0.05, 0.1) is 23.2 Å². The van der Waals surface area contributed by atoms with Gasteiger partial charge in [-0.2, -0.15) is 5.26 Å². The number of pyridine rings is 1. The van der Waals surface area contributed by atoms with Gasteiger partial charge in [-0.05, 0) is 42.2 Å². The van der Waals surface area contributed by atoms with Crippen LogP contribution in [0.2, 0.25) is 5.02 Å². The smallest absolute Gasteiger partial charge is 0.317 e. The molecule has 2 atom stereocenters. The van der Waals surface area contributed by atoms with Gasteiger partial charge in [0.2, 0.25) is 0 Å². The van der Waals surface area contributed by atoms with Gasteiger partial charge >= 0.3 is 5.97 Å². The van der Waals surface area contributed by atoms with Crippen LogP contribution in [0.1, 0.15) is 48.9 Å². The lowest BCUT2D eigenvalue weighted by Crippen LogP contribution is -2.52. The van der Waals surface area contributed by atoms with E-state index in [-0.39, 0.29) is 32.4 Å². The van der Waals surface area contributed by atoms with Crippen LogP contribution in [0.3, 0.4) is 0 Å². The molecule has 1 aliphatic heterocycles. The Labute approximate surface area is 292 Å². The van der Waals surface area contributed by atoms with Gasteiger partial charge in [-0.15, -0.1) is 0 Å². The van der Waals surface area contributed by atoms with Crippen molar-refractivity contribution >= 4 is 23.1 Å². The molecule has 1 fully saturated rings. The minimum Gasteiger partial charge on any atom is -0.488 e. The lowest BCUT2D eigenvalue weighted by Gasteiger charge is -2.47. The van der Waals surface area contributed by atoms with Gasteiger partial charge in [0, 0.05) is 67.8 Å². The Hall–Kier alpha value is -4.24. The molecule has 2 aromatic carbocycles. The van der Waals surface area contributed by atoms with Gasteiger partial charge in [0.25, 0.3) is 0 Å². The molecule has 2 aliphatic rings. The van der Waals surface area contributed by atoms with E-state index < -0.39 is 17.0 Å². The van der Waals surface area contributed by atoms with Crippen LogP contribution < -0.4 is 14.8 Å². The van der Waals surface area contributed by atoms with Gasteiger partial charge in [0.15, 0.2) is 0 Å². The Balaban J connectivity index is 1.39. The number of allylic oxidation sites excluding steroid dienone is 2. The number of aliphatic carboxylic acids is 1. The van der Waals surface area contributed by atoms with E-state index in [9.17, 15) is 15.2 Å². The van der Waals surface area contributed by atoms with Crippen molar-refractivity contribution in [2.45, 2.75) is 51.5 Å². The molecular weight excluding hydrogens is 644 g/mol. The first kappa shape index (κ1) is 36.1. The molecule has 258 valence electrons. The highest BCUT2D eigenvalue weighted by atomic mass is 35.5. The number of carboxylic acid groups (broad SMARTS) is 1. The topological polar surface area (TPSA) is 137 Å². The number of β-amino-alcohol motifs (C(OH)–C–C–N with tert-alkyl or cyclic N) is 1. The zero-order valence-corrected chi connectivity index (χ0v) is 28.7. The molecule has 1 aromatic heterocycles. The van der Waals surface area contributed by atoms with Crippen molar-refractivity contribution in [2.75, 3.05) is 39.4 Å². The summed E-state index contributed by atoms with van der Waals surface area (Å²) in [7, 11) is 0. The monoisotopic (exact) mass is 686 g/mol. The molecule has 1 saturated heterocycles. The molecule has 0 amide bonds. The summed E-state index contributed by atoms with van der Waals surface area (Å²) in [5.74, 6) is -0.148. The highest BCUT2D eigenvalue weighted by Gasteiger charge is 2.49. The first-order valence-corrected chi connectivity index (χ1v) is 16.8. The second-order valence-corrected chi connectivity index (χ2v) is 13.3. The van der Waals surface area contributed by atoms with Gasteiger partial charge in [0.1, 0.15) is 36.4 Å². The Bertz CT molecular complexity index is 1710. The average Bonchev–Trinajstić information content (AvgIpc) is 3.51. The predicted molar refractivity (Wildman–Crippen MR) is 187 cm³/mol. The number of benzene rings is 2. The van der Waals surface area contributed by atoms with Crippen LogP contribution in [0.5, 0.6) is 11.5 Å². The van der Waals surface area contributed by atoms with Gasteiger partial charge in [-0.3, -0.25) is 9.78 Å². The number of hydrogen-bond donors (Lipinski definition) is 3. The summed E-state index contributed by atoms with van der Waals surface area (Å²) in [6.45, 7) is 7.43. The number of carbonyl (C=O) groups is 1. The zero-order valence-electron chi connectivity index (χ0n) is 27.9. The number of halogens is 1. The van der Waals surface area contributed by atoms with Crippen LogP contribution in [0.4, 0.5) is 0 Å². The number of hydrogen-bond acceptors (Lipinski definition) is 9. The molecule has 2 heterocycles. The SMILES string of the molecule is CC1(C)C(c2ccccc2)=CC=C[C@@]1(COc1cc(OCc2cncc(C#N)c2)c(CNCC(=O)O)cc1Cl)OCCCN1CCC(O)C1. The second kappa shape index (κ2) is 16.4. The number of rotatable bonds is 16. The highest BCUT2D eigenvalue weighted by Crippen LogP contribution is 2.49. The van der Waals surface area contributed by atoms with Gasteiger partial charge in [-0.1, -0.05) is 67.9 Å². The standard InChI is InChI=1S/C38H43ClN4O6/c1-37(2)32(29-8-4-3-5-9-29)10-6-12-38(37,49-15-7-13-43-14-11-31(44)24-43)26-48-35-18-34(30(17-33(35)39)22-42-23-36(45)46)47-25-28-16-27(19-40)20-41-21-28/h3-6,8-10,12,16-18,20-21,31,42,44H,7,11,13-15,22-26H2,1-2H3,(H,45,46)/t31?,38-/m0/s1. The number of nitrogens with one attached hydrogen (secondary N) is 1. The average molecular weight is 687 g/mol. The van der Waals surface area contributed by atoms with Crippen molar-refractivity contribution < 1.29 is 29.2 Å². The molecule has 49 heavy (non-hydrogen) atoms. The second-order valence-electron chi connectivity index (χ2n) is 12.9. The number of likely N-dealkylation sites (tertiary alicyclic amines) is 1. The molecule has 0 spiro atoms. The number of nitrogens with zero attached hydrogens (tertiary/aromatic N) is 3. The lowest BCUT2D eigenvalue weighted by molar-refractivity contribution is -0.136. The highest BCUT2D eigenvalue weighted by molar-refractivity contribution is 6.32. The van der Waals surface area contributed by atoms with E-state index in [4.69, 9.17) is 30.9 Å². The van der Waals surface area contributed by atoms with Crippen LogP contribution in [0, 0.1) is 16.7 Å². The molecule has 3 N–H and O–H groups in total. The maximum atomic E-state index is 11.2. The van der Waals surface area contributed by atoms with E-state index in [1.54, 1.807) is 24.4 Å². The minimum absolute atomic E-state index is 0.123. The van der Waals surface area contributed by atoms with Crippen LogP contribution in [0.15, 0.2) is 79.2 Å². The van der Waals surface area contributed by atoms with Crippen molar-refractivity contribution in [3.8, 4) is 17.6 Å². The Morgan fingerprint density at radius 1 is 1.16 bits per heavy atom. The summed E-state index contributed by atoms with van der Waals surface area (Å²) in [4.78, 5) is 17.5. The third kappa shape index (κ3) is 9.06. The maximum absolute atomic E-state index is 11.2. The van der Waals surface area contributed by atoms with Crippen molar-refractivity contribution in [3.05, 3.63) is 106 Å². The molecule has 0 saturated carbocycles. The largest absolute Gasteiger partial charge is 0.488 e. The zero-order chi connectivity index (χ0) is 34.9. The number of aliphatic hydroxyl groups excluding tert-OH is 1. The molecular formula is C38H43ClN4O6. The van der Waals surface area contributed by atoms with E-state index in [1.807, 2.05) is 24.3 Å². The van der Waals surface area contributed by atoms with Crippen LogP contribution >= 0.6 is 11.6 Å². The fraction of sp³-hybridized carbons (Fsp3) is 0.395. The Morgan fingerprint density at radius 2 is 1.98 bits per heavy atom. The number of ether oxygens (including phenoxy) is 3. The third-order valence-corrected chi connectivity index (χ3v) is 9.43. The molecule has 5 rings (SSSR count). The van der Waals surface area contributed by atoms with Crippen LogP contribution in [-0.4, -0.2) is 77.2 Å². The van der Waals surface area contributed by atoms with Crippen LogP contribution in [0.25, 0.3) is 5.57 Å². The summed E-state index contributed by atoms with van der Waals surface area (Å²) in [5, 5.41) is 31.6. The Morgan fingerprint density at radius 3 is 2.71 bits per heavy atom. The normalized spacial score (nSPS) is 20.1. The van der Waals surface area contributed by atoms with E-state index >= 15 is 0 Å². The summed E-state index contributed by atoms with van der Waals surface area (Å²) >= 11 is 6.80. The van der Waals surface area contributed by atoms with E-state index in [1.165, 1.54) is 6.20 Å². The van der Waals surface area contributed by atoms with Crippen molar-refractivity contribution in [1.82, 2.24) is 15.2 Å². The quantitative estimate of drug-likeness (QED) is 0.163. The lowest BCUT2D eigenvalue weighted by atomic mass is 9.65. The van der Waals surface area contributed by atoms with Crippen LogP contribution in [-0.2, 0) is 22.7 Å². The molecule has 11 heteroatoms. The minimum atomic E-state index is -0.983. The maximum Gasteiger partial charge on any atom is 0.317 e. The number of carboxylic acids is 1. The predicted octanol–water partition coefficient (Wildman–Crippen LogP) is 5.63. The van der Waals surface area contributed by atoms with E-state index in [2.05, 4.69) is 59.4 Å². The first-order valence-electron chi connectivity index (χ1n) is 16.4. The summed E-state index contributed by atoms with van der Waals surface area (Å²) in [5.41, 5.74) is 2.59. The van der Waals surface area contributed by atoms with Crippen molar-refractivity contribution in [2.24, 2.45) is 5.41 Å². The molecule has 0 radical (unpaired) electrons. The molecule has 3 aromatic rings. The third-order valence-electron chi connectivity index (χ3n) is 9.14. The molecule has 0 bridgehead atoms. The van der Waals surface area contributed by atoms with Gasteiger partial charge < -0.3 is 34.6 Å². The summed E-state index contributed by atoms with van der Waals surface area (Å²) in [6.07, 6.45) is 10.6. The Kier molecular flexibility index (Phi) is 12.1. The molecule has 1 aliphatic carbocycles.